The van der Waals surface area contributed by atoms with Crippen LogP contribution in [0.4, 0.5) is 0 Å². The summed E-state index contributed by atoms with van der Waals surface area (Å²) in [6.45, 7) is 0.164. The van der Waals surface area contributed by atoms with Gasteiger partial charge in [-0.2, -0.15) is 0 Å². The molecule has 8 nitrogen and oxygen atoms in total. The van der Waals surface area contributed by atoms with Crippen molar-refractivity contribution < 1.29 is 33.2 Å². The largest absolute Gasteiger partial charge is 0.493 e. The molecule has 0 N–H and O–H groups in total. The van der Waals surface area contributed by atoms with E-state index in [-0.39, 0.29) is 18.4 Å². The standard InChI is InChI=1S/C20H17NO7/c1-23-16-7-11(8-17(24-2)18(16)25-3)6-13-20(22)28-19(21-13)12-4-5-14-15(9-12)27-10-26-14/h4-9H,10H2,1-3H3/b13-6-. The molecule has 2 aliphatic rings. The van der Waals surface area contributed by atoms with Crippen LogP contribution in [-0.4, -0.2) is 40.0 Å². The number of benzene rings is 2. The lowest BCUT2D eigenvalue weighted by Crippen LogP contribution is -2.05. The van der Waals surface area contributed by atoms with E-state index < -0.39 is 5.97 Å². The minimum Gasteiger partial charge on any atom is -0.493 e. The van der Waals surface area contributed by atoms with Crippen LogP contribution >= 0.6 is 0 Å². The molecule has 0 fully saturated rings. The van der Waals surface area contributed by atoms with Crippen LogP contribution in [0.5, 0.6) is 28.7 Å². The first-order valence-electron chi connectivity index (χ1n) is 8.35. The number of esters is 1. The monoisotopic (exact) mass is 383 g/mol. The highest BCUT2D eigenvalue weighted by Gasteiger charge is 2.26. The molecule has 28 heavy (non-hydrogen) atoms. The summed E-state index contributed by atoms with van der Waals surface area (Å²) < 4.78 is 31.9. The summed E-state index contributed by atoms with van der Waals surface area (Å²) in [7, 11) is 4.57. The van der Waals surface area contributed by atoms with Crippen molar-refractivity contribution in [2.24, 2.45) is 4.99 Å². The molecule has 0 unspecified atom stereocenters. The molecule has 0 radical (unpaired) electrons. The molecule has 0 bridgehead atoms. The summed E-state index contributed by atoms with van der Waals surface area (Å²) in [5.74, 6) is 2.27. The Balaban J connectivity index is 1.69. The van der Waals surface area contributed by atoms with Crippen LogP contribution < -0.4 is 23.7 Å². The van der Waals surface area contributed by atoms with Gasteiger partial charge in [-0.15, -0.1) is 0 Å². The third-order valence-electron chi connectivity index (χ3n) is 4.23. The smallest absolute Gasteiger partial charge is 0.363 e. The van der Waals surface area contributed by atoms with Crippen molar-refractivity contribution in [3.05, 3.63) is 47.2 Å². The first-order chi connectivity index (χ1) is 13.6. The molecule has 0 spiro atoms. The summed E-state index contributed by atoms with van der Waals surface area (Å²) in [6.07, 6.45) is 1.59. The Morgan fingerprint density at radius 2 is 1.68 bits per heavy atom. The fraction of sp³-hybridized carbons (Fsp3) is 0.200. The van der Waals surface area contributed by atoms with E-state index in [0.29, 0.717) is 39.9 Å². The molecule has 0 saturated heterocycles. The quantitative estimate of drug-likeness (QED) is 0.580. The number of methoxy groups -OCH3 is 3. The Morgan fingerprint density at radius 1 is 0.964 bits per heavy atom. The molecule has 2 aromatic rings. The van der Waals surface area contributed by atoms with Gasteiger partial charge >= 0.3 is 5.97 Å². The van der Waals surface area contributed by atoms with Gasteiger partial charge in [-0.1, -0.05) is 0 Å². The number of hydrogen-bond acceptors (Lipinski definition) is 8. The molecule has 0 atom stereocenters. The van der Waals surface area contributed by atoms with Gasteiger partial charge in [0.1, 0.15) is 0 Å². The van der Waals surface area contributed by atoms with Crippen LogP contribution in [-0.2, 0) is 9.53 Å². The van der Waals surface area contributed by atoms with Crippen molar-refractivity contribution in [2.75, 3.05) is 28.1 Å². The Kier molecular flexibility index (Phi) is 4.52. The van der Waals surface area contributed by atoms with Gasteiger partial charge < -0.3 is 28.4 Å². The third-order valence-corrected chi connectivity index (χ3v) is 4.23. The molecule has 2 heterocycles. The maximum Gasteiger partial charge on any atom is 0.363 e. The Labute approximate surface area is 160 Å². The summed E-state index contributed by atoms with van der Waals surface area (Å²) in [5, 5.41) is 0. The summed E-state index contributed by atoms with van der Waals surface area (Å²) in [5.41, 5.74) is 1.42. The molecule has 8 heteroatoms. The number of cyclic esters (lactones) is 1. The Bertz CT molecular complexity index is 985. The van der Waals surface area contributed by atoms with E-state index in [1.54, 1.807) is 36.4 Å². The lowest BCUT2D eigenvalue weighted by atomic mass is 10.1. The van der Waals surface area contributed by atoms with Gasteiger partial charge in [-0.25, -0.2) is 9.79 Å². The maximum absolute atomic E-state index is 12.3. The highest BCUT2D eigenvalue weighted by Crippen LogP contribution is 2.39. The second-order valence-electron chi connectivity index (χ2n) is 5.86. The zero-order valence-electron chi connectivity index (χ0n) is 15.5. The van der Waals surface area contributed by atoms with Crippen molar-refractivity contribution >= 4 is 17.9 Å². The number of carbonyl (C=O) groups is 1. The minimum atomic E-state index is -0.554. The van der Waals surface area contributed by atoms with E-state index in [4.69, 9.17) is 28.4 Å². The number of hydrogen-bond donors (Lipinski definition) is 0. The number of fused-ring (bicyclic) bond motifs is 1. The first-order valence-corrected chi connectivity index (χ1v) is 8.35. The van der Waals surface area contributed by atoms with Crippen molar-refractivity contribution in [1.82, 2.24) is 0 Å². The lowest BCUT2D eigenvalue weighted by Gasteiger charge is -2.12. The fourth-order valence-electron chi connectivity index (χ4n) is 2.90. The number of nitrogens with zero attached hydrogens (tertiary/aromatic N) is 1. The zero-order valence-corrected chi connectivity index (χ0v) is 15.5. The predicted octanol–water partition coefficient (Wildman–Crippen LogP) is 2.79. The second-order valence-corrected chi connectivity index (χ2v) is 5.86. The van der Waals surface area contributed by atoms with Crippen LogP contribution in [0.2, 0.25) is 0 Å². The highest BCUT2D eigenvalue weighted by molar-refractivity contribution is 6.13. The fourth-order valence-corrected chi connectivity index (χ4v) is 2.90. The third kappa shape index (κ3) is 3.09. The van der Waals surface area contributed by atoms with Gasteiger partial charge in [-0.3, -0.25) is 0 Å². The van der Waals surface area contributed by atoms with E-state index >= 15 is 0 Å². The molecule has 2 aromatic carbocycles. The van der Waals surface area contributed by atoms with Gasteiger partial charge in [0.2, 0.25) is 18.4 Å². The second kappa shape index (κ2) is 7.15. The molecule has 4 rings (SSSR count). The predicted molar refractivity (Wildman–Crippen MR) is 99.3 cm³/mol. The van der Waals surface area contributed by atoms with E-state index in [1.807, 2.05) is 0 Å². The van der Waals surface area contributed by atoms with Crippen LogP contribution in [0, 0.1) is 0 Å². The summed E-state index contributed by atoms with van der Waals surface area (Å²) in [4.78, 5) is 16.6. The van der Waals surface area contributed by atoms with Crippen molar-refractivity contribution in [2.45, 2.75) is 0 Å². The minimum absolute atomic E-state index is 0.155. The van der Waals surface area contributed by atoms with Gasteiger partial charge in [0.25, 0.3) is 0 Å². The molecular weight excluding hydrogens is 366 g/mol. The average molecular weight is 383 g/mol. The molecule has 0 amide bonds. The van der Waals surface area contributed by atoms with E-state index in [0.717, 1.165) is 0 Å². The summed E-state index contributed by atoms with van der Waals surface area (Å²) >= 11 is 0. The Morgan fingerprint density at radius 3 is 2.36 bits per heavy atom. The van der Waals surface area contributed by atoms with Crippen LogP contribution in [0.1, 0.15) is 11.1 Å². The SMILES string of the molecule is COc1cc(/C=C2\N=C(c3ccc4c(c3)OCO4)OC2=O)cc(OC)c1OC. The number of ether oxygens (including phenoxy) is 6. The average Bonchev–Trinajstić information content (AvgIpc) is 3.33. The van der Waals surface area contributed by atoms with Crippen molar-refractivity contribution in [3.63, 3.8) is 0 Å². The van der Waals surface area contributed by atoms with Crippen molar-refractivity contribution in [1.29, 1.82) is 0 Å². The zero-order chi connectivity index (χ0) is 19.7. The van der Waals surface area contributed by atoms with Gasteiger partial charge in [0.15, 0.2) is 28.7 Å². The van der Waals surface area contributed by atoms with E-state index in [9.17, 15) is 4.79 Å². The number of rotatable bonds is 5. The molecular formula is C20H17NO7. The maximum atomic E-state index is 12.3. The van der Waals surface area contributed by atoms with Gasteiger partial charge in [0, 0.05) is 5.56 Å². The Hall–Kier alpha value is -3.68. The number of carbonyl (C=O) groups excluding carboxylic acids is 1. The van der Waals surface area contributed by atoms with E-state index in [2.05, 4.69) is 4.99 Å². The molecule has 2 aliphatic heterocycles. The van der Waals surface area contributed by atoms with Gasteiger partial charge in [0.05, 0.1) is 21.3 Å². The lowest BCUT2D eigenvalue weighted by molar-refractivity contribution is -0.129. The van der Waals surface area contributed by atoms with Gasteiger partial charge in [-0.05, 0) is 42.0 Å². The van der Waals surface area contributed by atoms with Crippen LogP contribution in [0.25, 0.3) is 6.08 Å². The highest BCUT2D eigenvalue weighted by atomic mass is 16.7. The van der Waals surface area contributed by atoms with Crippen LogP contribution in [0.3, 0.4) is 0 Å². The molecule has 0 saturated carbocycles. The normalized spacial score (nSPS) is 16.0. The van der Waals surface area contributed by atoms with Crippen LogP contribution in [0.15, 0.2) is 41.0 Å². The first kappa shape index (κ1) is 17.7. The summed E-state index contributed by atoms with van der Waals surface area (Å²) in [6, 6.07) is 8.65. The molecule has 0 aromatic heterocycles. The van der Waals surface area contributed by atoms with E-state index in [1.165, 1.54) is 21.3 Å². The molecule has 0 aliphatic carbocycles. The van der Waals surface area contributed by atoms with Crippen molar-refractivity contribution in [3.8, 4) is 28.7 Å². The topological polar surface area (TPSA) is 84.8 Å². The number of aliphatic imine (C=N–C) groups is 1. The molecule has 144 valence electrons.